The van der Waals surface area contributed by atoms with Gasteiger partial charge in [-0.1, -0.05) is 24.3 Å². The number of carbonyl (C=O) groups excluding carboxylic acids is 1. The molecule has 0 saturated heterocycles. The van der Waals surface area contributed by atoms with Gasteiger partial charge in [0.15, 0.2) is 0 Å². The number of esters is 1. The second kappa shape index (κ2) is 5.45. The molecule has 1 aromatic carbocycles. The van der Waals surface area contributed by atoms with Crippen LogP contribution in [0.2, 0.25) is 0 Å². The minimum Gasteiger partial charge on any atom is -0.508 e. The van der Waals surface area contributed by atoms with E-state index >= 15 is 0 Å². The number of hydrogen-bond acceptors (Lipinski definition) is 4. The third-order valence-electron chi connectivity index (χ3n) is 1.65. The summed E-state index contributed by atoms with van der Waals surface area (Å²) in [6.07, 6.45) is 4.65. The van der Waals surface area contributed by atoms with E-state index in [1.54, 1.807) is 36.4 Å². The van der Waals surface area contributed by atoms with Crippen LogP contribution < -0.4 is 0 Å². The third kappa shape index (κ3) is 3.96. The van der Waals surface area contributed by atoms with E-state index in [1.807, 2.05) is 0 Å². The van der Waals surface area contributed by atoms with Gasteiger partial charge in [0.1, 0.15) is 5.75 Å². The number of phenols is 1. The maximum atomic E-state index is 10.8. The van der Waals surface area contributed by atoms with Crippen molar-refractivity contribution in [3.63, 3.8) is 0 Å². The molecule has 0 heterocycles. The van der Waals surface area contributed by atoms with Crippen LogP contribution in [0, 0.1) is 11.5 Å². The Bertz CT molecular complexity index is 401. The van der Waals surface area contributed by atoms with Crippen LogP contribution in [0.25, 0.3) is 6.08 Å². The number of benzene rings is 1. The maximum absolute atomic E-state index is 10.8. The molecule has 15 heavy (non-hydrogen) atoms. The first-order valence-electron chi connectivity index (χ1n) is 4.26. The standard InChI is InChI=1S/C11H9NO3/c12-8-15-11(14)3-1-2-9-4-6-10(13)7-5-9/h1-2,4-7,13H,3H2/b2-1+. The molecular formula is C11H9NO3. The summed E-state index contributed by atoms with van der Waals surface area (Å²) in [5, 5.41) is 17.0. The van der Waals surface area contributed by atoms with E-state index < -0.39 is 5.97 Å². The predicted molar refractivity (Wildman–Crippen MR) is 53.5 cm³/mol. The van der Waals surface area contributed by atoms with Gasteiger partial charge >= 0.3 is 5.97 Å². The van der Waals surface area contributed by atoms with Crippen molar-refractivity contribution in [3.05, 3.63) is 35.9 Å². The summed E-state index contributed by atoms with van der Waals surface area (Å²) < 4.78 is 4.07. The van der Waals surface area contributed by atoms with Crippen molar-refractivity contribution in [2.45, 2.75) is 6.42 Å². The highest BCUT2D eigenvalue weighted by molar-refractivity contribution is 5.73. The van der Waals surface area contributed by atoms with E-state index in [0.717, 1.165) is 5.56 Å². The van der Waals surface area contributed by atoms with Crippen LogP contribution in [-0.2, 0) is 9.53 Å². The van der Waals surface area contributed by atoms with Crippen LogP contribution in [0.3, 0.4) is 0 Å². The molecule has 4 heteroatoms. The molecule has 0 unspecified atom stereocenters. The van der Waals surface area contributed by atoms with Gasteiger partial charge in [0.25, 0.3) is 6.26 Å². The summed E-state index contributed by atoms with van der Waals surface area (Å²) in [4.78, 5) is 10.8. The van der Waals surface area contributed by atoms with Gasteiger partial charge in [-0.3, -0.25) is 4.79 Å². The Labute approximate surface area is 87.0 Å². The van der Waals surface area contributed by atoms with Gasteiger partial charge in [-0.15, -0.1) is 5.26 Å². The zero-order chi connectivity index (χ0) is 11.1. The molecule has 0 aromatic heterocycles. The highest BCUT2D eigenvalue weighted by atomic mass is 16.5. The van der Waals surface area contributed by atoms with Crippen molar-refractivity contribution in [2.24, 2.45) is 0 Å². The van der Waals surface area contributed by atoms with Crippen molar-refractivity contribution in [1.82, 2.24) is 0 Å². The van der Waals surface area contributed by atoms with Crippen molar-refractivity contribution in [2.75, 3.05) is 0 Å². The molecule has 0 aliphatic heterocycles. The van der Waals surface area contributed by atoms with Gasteiger partial charge in [-0.05, 0) is 17.7 Å². The first kappa shape index (κ1) is 10.8. The summed E-state index contributed by atoms with van der Waals surface area (Å²) >= 11 is 0. The molecule has 1 rings (SSSR count). The SMILES string of the molecule is N#COC(=O)C/C=C/c1ccc(O)cc1. The molecule has 0 spiro atoms. The summed E-state index contributed by atoms with van der Waals surface area (Å²) in [7, 11) is 0. The summed E-state index contributed by atoms with van der Waals surface area (Å²) in [5.74, 6) is -0.399. The molecule has 0 amide bonds. The fourth-order valence-corrected chi connectivity index (χ4v) is 0.969. The Morgan fingerprint density at radius 3 is 2.73 bits per heavy atom. The van der Waals surface area contributed by atoms with Gasteiger partial charge in [0.05, 0.1) is 6.42 Å². The average Bonchev–Trinajstić information content (AvgIpc) is 2.21. The summed E-state index contributed by atoms with van der Waals surface area (Å²) in [6.45, 7) is 0. The Hall–Kier alpha value is -2.28. The van der Waals surface area contributed by atoms with E-state index in [9.17, 15) is 4.79 Å². The van der Waals surface area contributed by atoms with E-state index in [4.69, 9.17) is 10.4 Å². The zero-order valence-electron chi connectivity index (χ0n) is 7.88. The van der Waals surface area contributed by atoms with E-state index in [0.29, 0.717) is 0 Å². The van der Waals surface area contributed by atoms with Crippen molar-refractivity contribution in [3.8, 4) is 12.0 Å². The number of carbonyl (C=O) groups is 1. The number of rotatable bonds is 3. The van der Waals surface area contributed by atoms with E-state index in [2.05, 4.69) is 4.74 Å². The monoisotopic (exact) mass is 203 g/mol. The normalized spacial score (nSPS) is 9.80. The molecule has 0 aliphatic rings. The fraction of sp³-hybridized carbons (Fsp3) is 0.0909. The van der Waals surface area contributed by atoms with Gasteiger partial charge in [-0.25, -0.2) is 0 Å². The molecule has 4 nitrogen and oxygen atoms in total. The average molecular weight is 203 g/mol. The number of phenolic OH excluding ortho intramolecular Hbond substituents is 1. The topological polar surface area (TPSA) is 70.3 Å². The van der Waals surface area contributed by atoms with Crippen molar-refractivity contribution < 1.29 is 14.6 Å². The Kier molecular flexibility index (Phi) is 3.92. The van der Waals surface area contributed by atoms with Gasteiger partial charge < -0.3 is 9.84 Å². The third-order valence-corrected chi connectivity index (χ3v) is 1.65. The Balaban J connectivity index is 2.48. The molecule has 0 saturated carbocycles. The molecule has 0 radical (unpaired) electrons. The molecule has 0 atom stereocenters. The molecular weight excluding hydrogens is 194 g/mol. The summed E-state index contributed by atoms with van der Waals surface area (Å²) in [5.41, 5.74) is 0.859. The lowest BCUT2D eigenvalue weighted by atomic mass is 10.2. The number of nitrogens with zero attached hydrogens (tertiary/aromatic N) is 1. The van der Waals surface area contributed by atoms with Gasteiger partial charge in [-0.2, -0.15) is 0 Å². The Morgan fingerprint density at radius 1 is 1.47 bits per heavy atom. The summed E-state index contributed by atoms with van der Waals surface area (Å²) in [6, 6.07) is 6.52. The van der Waals surface area contributed by atoms with Crippen LogP contribution in [-0.4, -0.2) is 11.1 Å². The lowest BCUT2D eigenvalue weighted by Gasteiger charge is -1.93. The van der Waals surface area contributed by atoms with Crippen LogP contribution in [0.15, 0.2) is 30.3 Å². The van der Waals surface area contributed by atoms with Crippen LogP contribution in [0.4, 0.5) is 0 Å². The predicted octanol–water partition coefficient (Wildman–Crippen LogP) is 1.82. The zero-order valence-corrected chi connectivity index (χ0v) is 7.88. The Morgan fingerprint density at radius 2 is 2.13 bits per heavy atom. The molecule has 0 bridgehead atoms. The maximum Gasteiger partial charge on any atom is 0.325 e. The molecule has 0 fully saturated rings. The van der Waals surface area contributed by atoms with Crippen LogP contribution in [0.5, 0.6) is 5.75 Å². The van der Waals surface area contributed by atoms with Gasteiger partial charge in [0.2, 0.25) is 0 Å². The lowest BCUT2D eigenvalue weighted by molar-refractivity contribution is -0.135. The van der Waals surface area contributed by atoms with Crippen LogP contribution in [0.1, 0.15) is 12.0 Å². The van der Waals surface area contributed by atoms with Crippen molar-refractivity contribution >= 4 is 12.0 Å². The number of aromatic hydroxyl groups is 1. The second-order valence-corrected chi connectivity index (χ2v) is 2.76. The minimum atomic E-state index is -0.590. The first-order valence-corrected chi connectivity index (χ1v) is 4.26. The molecule has 1 N–H and O–H groups in total. The molecule has 76 valence electrons. The minimum absolute atomic E-state index is 0.0500. The quantitative estimate of drug-likeness (QED) is 0.600. The van der Waals surface area contributed by atoms with Crippen LogP contribution >= 0.6 is 0 Å². The first-order chi connectivity index (χ1) is 7.22. The molecule has 1 aromatic rings. The van der Waals surface area contributed by atoms with E-state index in [-0.39, 0.29) is 12.2 Å². The highest BCUT2D eigenvalue weighted by Gasteiger charge is 1.97. The highest BCUT2D eigenvalue weighted by Crippen LogP contribution is 2.10. The lowest BCUT2D eigenvalue weighted by Crippen LogP contribution is -1.96. The smallest absolute Gasteiger partial charge is 0.325 e. The largest absolute Gasteiger partial charge is 0.508 e. The number of hydrogen-bond donors (Lipinski definition) is 1. The number of ether oxygens (including phenoxy) is 1. The number of nitriles is 1. The fourth-order valence-electron chi connectivity index (χ4n) is 0.969. The van der Waals surface area contributed by atoms with Crippen molar-refractivity contribution in [1.29, 1.82) is 5.26 Å². The molecule has 0 aliphatic carbocycles. The second-order valence-electron chi connectivity index (χ2n) is 2.76. The van der Waals surface area contributed by atoms with E-state index in [1.165, 1.54) is 6.26 Å². The van der Waals surface area contributed by atoms with Gasteiger partial charge in [0, 0.05) is 0 Å².